The van der Waals surface area contributed by atoms with E-state index in [1.54, 1.807) is 17.1 Å². The number of H-pyrrole nitrogens is 1. The molecule has 26 heavy (non-hydrogen) atoms. The lowest BCUT2D eigenvalue weighted by Gasteiger charge is -2.06. The molecule has 1 amide bonds. The van der Waals surface area contributed by atoms with E-state index in [0.29, 0.717) is 17.9 Å². The minimum atomic E-state index is -0.143. The number of carbonyl (C=O) groups excluding carboxylic acids is 1. The summed E-state index contributed by atoms with van der Waals surface area (Å²) in [4.78, 5) is 16.9. The first kappa shape index (κ1) is 16.5. The van der Waals surface area contributed by atoms with Crippen molar-refractivity contribution in [2.24, 2.45) is 0 Å². The molecule has 7 heteroatoms. The lowest BCUT2D eigenvalue weighted by molar-refractivity contribution is 0.0949. The number of carbonyl (C=O) groups is 1. The second-order valence-electron chi connectivity index (χ2n) is 6.61. The molecule has 0 unspecified atom stereocenters. The third-order valence-electron chi connectivity index (χ3n) is 4.93. The first-order valence-corrected chi connectivity index (χ1v) is 9.03. The Morgan fingerprint density at radius 3 is 3.00 bits per heavy atom. The van der Waals surface area contributed by atoms with E-state index in [2.05, 4.69) is 25.6 Å². The number of rotatable bonds is 4. The number of nitrogens with one attached hydrogen (secondary N) is 2. The summed E-state index contributed by atoms with van der Waals surface area (Å²) in [5.74, 6) is 0.553. The maximum atomic E-state index is 12.6. The Labute approximate surface area is 151 Å². The standard InChI is InChI=1S/C19H22N6O/c1-13-15(11-22-25(13)18-9-5-6-10-20-18)19(26)21-12-17-14-7-3-2-4-8-16(14)23-24-17/h5-6,9-11H,2-4,7-8,12H2,1H3,(H,21,26)(H,23,24). The van der Waals surface area contributed by atoms with Gasteiger partial charge in [0.05, 0.1) is 29.7 Å². The predicted octanol–water partition coefficient (Wildman–Crippen LogP) is 2.50. The Bertz CT molecular complexity index is 912. The van der Waals surface area contributed by atoms with Crippen LogP contribution in [0.25, 0.3) is 5.82 Å². The van der Waals surface area contributed by atoms with Crippen molar-refractivity contribution in [3.63, 3.8) is 0 Å². The topological polar surface area (TPSA) is 88.5 Å². The van der Waals surface area contributed by atoms with Crippen molar-refractivity contribution < 1.29 is 4.79 Å². The van der Waals surface area contributed by atoms with Gasteiger partial charge in [-0.15, -0.1) is 0 Å². The molecule has 1 aliphatic rings. The van der Waals surface area contributed by atoms with Gasteiger partial charge in [-0.05, 0) is 50.3 Å². The van der Waals surface area contributed by atoms with Crippen LogP contribution >= 0.6 is 0 Å². The van der Waals surface area contributed by atoms with Crippen LogP contribution in [0.3, 0.4) is 0 Å². The minimum Gasteiger partial charge on any atom is -0.346 e. The molecule has 1 aliphatic carbocycles. The van der Waals surface area contributed by atoms with E-state index in [4.69, 9.17) is 0 Å². The molecule has 134 valence electrons. The largest absolute Gasteiger partial charge is 0.346 e. The summed E-state index contributed by atoms with van der Waals surface area (Å²) >= 11 is 0. The van der Waals surface area contributed by atoms with Crippen LogP contribution in [-0.2, 0) is 19.4 Å². The van der Waals surface area contributed by atoms with Crippen molar-refractivity contribution >= 4 is 5.91 Å². The van der Waals surface area contributed by atoms with Crippen molar-refractivity contribution in [3.05, 3.63) is 58.8 Å². The average molecular weight is 350 g/mol. The van der Waals surface area contributed by atoms with E-state index < -0.39 is 0 Å². The Hall–Kier alpha value is -2.96. The zero-order valence-corrected chi connectivity index (χ0v) is 14.8. The van der Waals surface area contributed by atoms with Gasteiger partial charge < -0.3 is 5.32 Å². The number of pyridine rings is 1. The molecule has 2 N–H and O–H groups in total. The maximum absolute atomic E-state index is 12.6. The van der Waals surface area contributed by atoms with E-state index in [0.717, 1.165) is 24.2 Å². The fourth-order valence-corrected chi connectivity index (χ4v) is 3.47. The van der Waals surface area contributed by atoms with Crippen molar-refractivity contribution in [1.82, 2.24) is 30.3 Å². The second-order valence-corrected chi connectivity index (χ2v) is 6.61. The summed E-state index contributed by atoms with van der Waals surface area (Å²) < 4.78 is 1.68. The molecule has 0 atom stereocenters. The lowest BCUT2D eigenvalue weighted by atomic mass is 10.1. The number of hydrogen-bond donors (Lipinski definition) is 2. The van der Waals surface area contributed by atoms with Crippen LogP contribution in [0.4, 0.5) is 0 Å². The van der Waals surface area contributed by atoms with Gasteiger partial charge in [0.1, 0.15) is 0 Å². The monoisotopic (exact) mass is 350 g/mol. The van der Waals surface area contributed by atoms with Gasteiger partial charge in [0.15, 0.2) is 5.82 Å². The summed E-state index contributed by atoms with van der Waals surface area (Å²) in [5, 5.41) is 14.8. The SMILES string of the molecule is Cc1c(C(=O)NCc2n[nH]c3c2CCCCC3)cnn1-c1ccccn1. The smallest absolute Gasteiger partial charge is 0.255 e. The highest BCUT2D eigenvalue weighted by molar-refractivity contribution is 5.95. The van der Waals surface area contributed by atoms with Crippen LogP contribution in [0.15, 0.2) is 30.6 Å². The van der Waals surface area contributed by atoms with Crippen LogP contribution in [0, 0.1) is 6.92 Å². The highest BCUT2D eigenvalue weighted by Gasteiger charge is 2.18. The van der Waals surface area contributed by atoms with E-state index >= 15 is 0 Å². The van der Waals surface area contributed by atoms with Gasteiger partial charge in [-0.3, -0.25) is 9.89 Å². The predicted molar refractivity (Wildman–Crippen MR) is 97.1 cm³/mol. The van der Waals surface area contributed by atoms with Crippen molar-refractivity contribution in [2.45, 2.75) is 45.6 Å². The van der Waals surface area contributed by atoms with Gasteiger partial charge in [0.2, 0.25) is 0 Å². The Morgan fingerprint density at radius 1 is 1.27 bits per heavy atom. The third kappa shape index (κ3) is 3.12. The molecule has 0 saturated carbocycles. The summed E-state index contributed by atoms with van der Waals surface area (Å²) in [5.41, 5.74) is 4.78. The average Bonchev–Trinajstić information content (AvgIpc) is 3.15. The quantitative estimate of drug-likeness (QED) is 0.708. The van der Waals surface area contributed by atoms with Crippen molar-refractivity contribution in [2.75, 3.05) is 0 Å². The van der Waals surface area contributed by atoms with Crippen LogP contribution in [-0.4, -0.2) is 30.9 Å². The van der Waals surface area contributed by atoms with Crippen LogP contribution in [0.5, 0.6) is 0 Å². The van der Waals surface area contributed by atoms with Gasteiger partial charge in [0, 0.05) is 11.9 Å². The van der Waals surface area contributed by atoms with E-state index in [1.165, 1.54) is 30.5 Å². The first-order chi connectivity index (χ1) is 12.7. The van der Waals surface area contributed by atoms with Gasteiger partial charge in [-0.25, -0.2) is 9.67 Å². The van der Waals surface area contributed by atoms with Crippen LogP contribution in [0.1, 0.15) is 52.3 Å². The fraction of sp³-hybridized carbons (Fsp3) is 0.368. The highest BCUT2D eigenvalue weighted by Crippen LogP contribution is 2.21. The summed E-state index contributed by atoms with van der Waals surface area (Å²) in [6, 6.07) is 5.61. The molecule has 3 heterocycles. The number of fused-ring (bicyclic) bond motifs is 1. The van der Waals surface area contributed by atoms with Crippen LogP contribution in [0.2, 0.25) is 0 Å². The Morgan fingerprint density at radius 2 is 2.15 bits per heavy atom. The summed E-state index contributed by atoms with van der Waals surface area (Å²) in [6.07, 6.45) is 9.01. The molecule has 0 spiro atoms. The highest BCUT2D eigenvalue weighted by atomic mass is 16.1. The maximum Gasteiger partial charge on any atom is 0.255 e. The summed E-state index contributed by atoms with van der Waals surface area (Å²) in [6.45, 7) is 2.30. The number of aromatic amines is 1. The number of hydrogen-bond acceptors (Lipinski definition) is 4. The van der Waals surface area contributed by atoms with Gasteiger partial charge >= 0.3 is 0 Å². The Kier molecular flexibility index (Phi) is 4.51. The number of amides is 1. The number of aryl methyl sites for hydroxylation is 1. The van der Waals surface area contributed by atoms with Crippen molar-refractivity contribution in [3.8, 4) is 5.82 Å². The molecule has 0 saturated heterocycles. The fourth-order valence-electron chi connectivity index (χ4n) is 3.47. The third-order valence-corrected chi connectivity index (χ3v) is 4.93. The molecular weight excluding hydrogens is 328 g/mol. The second kappa shape index (κ2) is 7.11. The number of aromatic nitrogens is 5. The normalized spacial score (nSPS) is 13.9. The zero-order chi connectivity index (χ0) is 17.9. The molecule has 0 aliphatic heterocycles. The van der Waals surface area contributed by atoms with Crippen LogP contribution < -0.4 is 5.32 Å². The van der Waals surface area contributed by atoms with E-state index in [1.807, 2.05) is 25.1 Å². The molecule has 3 aromatic heterocycles. The molecule has 0 fully saturated rings. The molecule has 0 radical (unpaired) electrons. The lowest BCUT2D eigenvalue weighted by Crippen LogP contribution is -2.24. The molecule has 0 bridgehead atoms. The van der Waals surface area contributed by atoms with Gasteiger partial charge in [-0.2, -0.15) is 10.2 Å². The molecule has 4 rings (SSSR count). The van der Waals surface area contributed by atoms with E-state index in [9.17, 15) is 4.79 Å². The molecular formula is C19H22N6O. The van der Waals surface area contributed by atoms with E-state index in [-0.39, 0.29) is 5.91 Å². The molecule has 3 aromatic rings. The molecule has 7 nitrogen and oxygen atoms in total. The Balaban J connectivity index is 1.48. The number of nitrogens with zero attached hydrogens (tertiary/aromatic N) is 4. The van der Waals surface area contributed by atoms with Gasteiger partial charge in [-0.1, -0.05) is 12.5 Å². The molecule has 0 aromatic carbocycles. The van der Waals surface area contributed by atoms with Crippen molar-refractivity contribution in [1.29, 1.82) is 0 Å². The first-order valence-electron chi connectivity index (χ1n) is 9.03. The minimum absolute atomic E-state index is 0.143. The van der Waals surface area contributed by atoms with Gasteiger partial charge in [0.25, 0.3) is 5.91 Å². The zero-order valence-electron chi connectivity index (χ0n) is 14.8. The summed E-state index contributed by atoms with van der Waals surface area (Å²) in [7, 11) is 0.